The van der Waals surface area contributed by atoms with Crippen molar-refractivity contribution in [1.29, 1.82) is 0 Å². The van der Waals surface area contributed by atoms with E-state index >= 15 is 0 Å². The first-order valence-corrected chi connectivity index (χ1v) is 10.5. The summed E-state index contributed by atoms with van der Waals surface area (Å²) in [6.45, 7) is 10.1. The van der Waals surface area contributed by atoms with Gasteiger partial charge in [-0.3, -0.25) is 4.99 Å². The summed E-state index contributed by atoms with van der Waals surface area (Å²) < 4.78 is 32.4. The molecule has 29 heavy (non-hydrogen) atoms. The van der Waals surface area contributed by atoms with E-state index in [-0.39, 0.29) is 24.0 Å². The summed E-state index contributed by atoms with van der Waals surface area (Å²) in [5.41, 5.74) is 0.746. The highest BCUT2D eigenvalue weighted by Crippen LogP contribution is 2.25. The Kier molecular flexibility index (Phi) is 9.88. The van der Waals surface area contributed by atoms with Gasteiger partial charge in [-0.25, -0.2) is 8.78 Å². The zero-order valence-electron chi connectivity index (χ0n) is 17.4. The topological polar surface area (TPSA) is 40.1 Å². The van der Waals surface area contributed by atoms with Crippen molar-refractivity contribution < 1.29 is 13.5 Å². The third kappa shape index (κ3) is 6.67. The van der Waals surface area contributed by atoms with Crippen LogP contribution in [-0.2, 0) is 4.74 Å². The molecular formula is C21H33F2IN4O. The van der Waals surface area contributed by atoms with Gasteiger partial charge in [-0.1, -0.05) is 0 Å². The molecule has 0 saturated carbocycles. The molecule has 0 bridgehead atoms. The summed E-state index contributed by atoms with van der Waals surface area (Å²) in [4.78, 5) is 9.31. The van der Waals surface area contributed by atoms with Crippen LogP contribution in [0.5, 0.6) is 0 Å². The molecule has 0 radical (unpaired) electrons. The van der Waals surface area contributed by atoms with Crippen molar-refractivity contribution in [3.63, 3.8) is 0 Å². The second-order valence-electron chi connectivity index (χ2n) is 7.54. The summed E-state index contributed by atoms with van der Waals surface area (Å²) in [6.07, 6.45) is 3.44. The number of aliphatic imine (C=N–C) groups is 1. The van der Waals surface area contributed by atoms with Crippen LogP contribution in [0, 0.1) is 17.6 Å². The van der Waals surface area contributed by atoms with Crippen molar-refractivity contribution in [3.8, 4) is 0 Å². The molecule has 1 atom stereocenters. The number of hydrogen-bond acceptors (Lipinski definition) is 3. The van der Waals surface area contributed by atoms with Crippen LogP contribution in [0.2, 0.25) is 0 Å². The molecule has 2 heterocycles. The van der Waals surface area contributed by atoms with Gasteiger partial charge >= 0.3 is 0 Å². The quantitative estimate of drug-likeness (QED) is 0.350. The molecular weight excluding hydrogens is 489 g/mol. The Balaban J connectivity index is 0.00000300. The highest BCUT2D eigenvalue weighted by Gasteiger charge is 2.25. The lowest BCUT2D eigenvalue weighted by Crippen LogP contribution is -2.47. The number of guanidine groups is 1. The Morgan fingerprint density at radius 1 is 1.14 bits per heavy atom. The van der Waals surface area contributed by atoms with Gasteiger partial charge in [-0.15, -0.1) is 24.0 Å². The predicted octanol–water partition coefficient (Wildman–Crippen LogP) is 3.88. The summed E-state index contributed by atoms with van der Waals surface area (Å²) in [5.74, 6) is -0.192. The largest absolute Gasteiger partial charge is 0.378 e. The van der Waals surface area contributed by atoms with Gasteiger partial charge in [0.25, 0.3) is 0 Å². The van der Waals surface area contributed by atoms with Crippen LogP contribution in [0.1, 0.15) is 33.1 Å². The molecule has 1 aromatic carbocycles. The molecule has 3 rings (SSSR count). The van der Waals surface area contributed by atoms with Crippen LogP contribution < -0.4 is 10.2 Å². The average Bonchev–Trinajstić information content (AvgIpc) is 3.17. The van der Waals surface area contributed by atoms with Gasteiger partial charge in [0.1, 0.15) is 0 Å². The van der Waals surface area contributed by atoms with Crippen molar-refractivity contribution >= 4 is 35.6 Å². The molecule has 1 aromatic rings. The normalized spacial score (nSPS) is 20.7. The second-order valence-corrected chi connectivity index (χ2v) is 7.54. The van der Waals surface area contributed by atoms with Gasteiger partial charge < -0.3 is 19.9 Å². The number of nitrogens with one attached hydrogen (secondary N) is 1. The highest BCUT2D eigenvalue weighted by atomic mass is 127. The Labute approximate surface area is 189 Å². The third-order valence-corrected chi connectivity index (χ3v) is 5.53. The number of piperidine rings is 1. The van der Waals surface area contributed by atoms with Crippen LogP contribution in [0.15, 0.2) is 23.2 Å². The van der Waals surface area contributed by atoms with Crippen LogP contribution in [0.4, 0.5) is 14.5 Å². The number of nitrogens with zero attached hydrogens (tertiary/aromatic N) is 3. The van der Waals surface area contributed by atoms with Gasteiger partial charge in [-0.2, -0.15) is 0 Å². The number of halogens is 3. The van der Waals surface area contributed by atoms with Crippen molar-refractivity contribution in [2.75, 3.05) is 50.8 Å². The van der Waals surface area contributed by atoms with Gasteiger partial charge in [0.15, 0.2) is 17.6 Å². The van der Waals surface area contributed by atoms with E-state index in [1.165, 1.54) is 12.1 Å². The van der Waals surface area contributed by atoms with Gasteiger partial charge in [0.05, 0.1) is 6.10 Å². The fraction of sp³-hybridized carbons (Fsp3) is 0.667. The molecule has 164 valence electrons. The minimum absolute atomic E-state index is 0. The Bertz CT molecular complexity index is 668. The van der Waals surface area contributed by atoms with E-state index in [0.717, 1.165) is 76.8 Å². The zero-order valence-corrected chi connectivity index (χ0v) is 19.7. The number of anilines is 1. The molecule has 1 unspecified atom stereocenters. The second kappa shape index (κ2) is 11.9. The molecule has 0 aromatic heterocycles. The lowest BCUT2D eigenvalue weighted by atomic mass is 10.1. The van der Waals surface area contributed by atoms with E-state index in [2.05, 4.69) is 22.0 Å². The Morgan fingerprint density at radius 3 is 2.55 bits per heavy atom. The number of benzene rings is 1. The number of ether oxygens (including phenoxy) is 1. The molecule has 2 aliphatic heterocycles. The summed E-state index contributed by atoms with van der Waals surface area (Å²) in [5, 5.41) is 3.41. The lowest BCUT2D eigenvalue weighted by Gasteiger charge is -2.34. The van der Waals surface area contributed by atoms with Crippen molar-refractivity contribution in [3.05, 3.63) is 29.8 Å². The lowest BCUT2D eigenvalue weighted by molar-refractivity contribution is 0.0263. The van der Waals surface area contributed by atoms with E-state index < -0.39 is 11.6 Å². The van der Waals surface area contributed by atoms with Gasteiger partial charge in [-0.05, 0) is 51.2 Å². The number of hydrogen-bond donors (Lipinski definition) is 1. The fourth-order valence-electron chi connectivity index (χ4n) is 4.01. The molecule has 2 saturated heterocycles. The van der Waals surface area contributed by atoms with E-state index in [4.69, 9.17) is 9.73 Å². The zero-order chi connectivity index (χ0) is 19.9. The molecule has 0 spiro atoms. The molecule has 0 aliphatic carbocycles. The standard InChI is InChI=1S/C21H32F2N4O.HI/c1-3-24-21(26-11-8-18(9-12-26)28-4-2)25-14-16-7-10-27(15-16)17-5-6-19(22)20(23)13-17;/h5-6,13,16,18H,3-4,7-12,14-15H2,1-2H3,(H,24,25);1H. The van der Waals surface area contributed by atoms with Crippen molar-refractivity contribution in [2.45, 2.75) is 39.2 Å². The van der Waals surface area contributed by atoms with Crippen LogP contribution in [0.3, 0.4) is 0 Å². The molecule has 8 heteroatoms. The smallest absolute Gasteiger partial charge is 0.193 e. The van der Waals surface area contributed by atoms with Crippen LogP contribution in [-0.4, -0.2) is 62.8 Å². The van der Waals surface area contributed by atoms with E-state index in [9.17, 15) is 8.78 Å². The SMILES string of the molecule is CCNC(=NCC1CCN(c2ccc(F)c(F)c2)C1)N1CCC(OCC)CC1.I. The third-order valence-electron chi connectivity index (χ3n) is 5.53. The maximum absolute atomic E-state index is 13.5. The Morgan fingerprint density at radius 2 is 1.90 bits per heavy atom. The van der Waals surface area contributed by atoms with Gasteiger partial charge in [0, 0.05) is 57.6 Å². The minimum Gasteiger partial charge on any atom is -0.378 e. The number of likely N-dealkylation sites (tertiary alicyclic amines) is 1. The summed E-state index contributed by atoms with van der Waals surface area (Å²) in [7, 11) is 0. The van der Waals surface area contributed by atoms with Crippen molar-refractivity contribution in [1.82, 2.24) is 10.2 Å². The van der Waals surface area contributed by atoms with E-state index in [1.807, 2.05) is 6.92 Å². The maximum atomic E-state index is 13.5. The van der Waals surface area contributed by atoms with Crippen LogP contribution >= 0.6 is 24.0 Å². The highest BCUT2D eigenvalue weighted by molar-refractivity contribution is 14.0. The monoisotopic (exact) mass is 522 g/mol. The Hall–Kier alpha value is -1.16. The molecule has 5 nitrogen and oxygen atoms in total. The summed E-state index contributed by atoms with van der Waals surface area (Å²) in [6, 6.07) is 4.13. The van der Waals surface area contributed by atoms with Crippen LogP contribution in [0.25, 0.3) is 0 Å². The first kappa shape index (κ1) is 24.1. The van der Waals surface area contributed by atoms with Gasteiger partial charge in [0.2, 0.25) is 0 Å². The van der Waals surface area contributed by atoms with E-state index in [1.54, 1.807) is 6.07 Å². The first-order chi connectivity index (χ1) is 13.6. The molecule has 2 aliphatic rings. The predicted molar refractivity (Wildman–Crippen MR) is 124 cm³/mol. The summed E-state index contributed by atoms with van der Waals surface area (Å²) >= 11 is 0. The molecule has 1 N–H and O–H groups in total. The first-order valence-electron chi connectivity index (χ1n) is 10.5. The molecule has 0 amide bonds. The maximum Gasteiger partial charge on any atom is 0.193 e. The average molecular weight is 522 g/mol. The fourth-order valence-corrected chi connectivity index (χ4v) is 4.01. The minimum atomic E-state index is -0.799. The van der Waals surface area contributed by atoms with E-state index in [0.29, 0.717) is 12.0 Å². The van der Waals surface area contributed by atoms with Crippen molar-refractivity contribution in [2.24, 2.45) is 10.9 Å². The molecule has 2 fully saturated rings. The number of rotatable bonds is 6.